The van der Waals surface area contributed by atoms with E-state index in [9.17, 15) is 4.79 Å². The molecule has 0 fully saturated rings. The van der Waals surface area contributed by atoms with Gasteiger partial charge in [0.05, 0.1) is 11.3 Å². The molecule has 0 unspecified atom stereocenters. The van der Waals surface area contributed by atoms with Crippen LogP contribution in [0.2, 0.25) is 0 Å². The summed E-state index contributed by atoms with van der Waals surface area (Å²) in [5.41, 5.74) is 7.02. The van der Waals surface area contributed by atoms with Gasteiger partial charge in [-0.05, 0) is 25.1 Å². The van der Waals surface area contributed by atoms with Crippen LogP contribution in [0.25, 0.3) is 0 Å². The number of hydrogen-bond acceptors (Lipinski definition) is 4. The van der Waals surface area contributed by atoms with Crippen LogP contribution in [0.3, 0.4) is 0 Å². The molecule has 0 atom stereocenters. The number of aromatic nitrogens is 1. The van der Waals surface area contributed by atoms with Crippen LogP contribution in [0.1, 0.15) is 15.9 Å². The number of aryl methyl sites for hydroxylation is 1. The molecule has 1 aromatic carbocycles. The molecule has 2 aromatic rings. The fourth-order valence-electron chi connectivity index (χ4n) is 1.39. The topological polar surface area (TPSA) is 85.4 Å². The number of carboxylic acid groups (broad SMARTS) is 1. The summed E-state index contributed by atoms with van der Waals surface area (Å²) in [7, 11) is 0. The Morgan fingerprint density at radius 3 is 2.56 bits per heavy atom. The van der Waals surface area contributed by atoms with Crippen LogP contribution in [-0.2, 0) is 0 Å². The molecule has 1 aromatic heterocycles. The van der Waals surface area contributed by atoms with Gasteiger partial charge in [-0.3, -0.25) is 0 Å². The zero-order valence-electron chi connectivity index (χ0n) is 9.75. The van der Waals surface area contributed by atoms with Gasteiger partial charge in [0.25, 0.3) is 0 Å². The van der Waals surface area contributed by atoms with Crippen LogP contribution in [-0.4, -0.2) is 16.1 Å². The first-order chi connectivity index (χ1) is 8.56. The monoisotopic (exact) mass is 244 g/mol. The number of pyridine rings is 1. The van der Waals surface area contributed by atoms with Gasteiger partial charge in [-0.1, -0.05) is 17.7 Å². The Morgan fingerprint density at radius 2 is 2.00 bits per heavy atom. The zero-order valence-corrected chi connectivity index (χ0v) is 9.75. The normalized spacial score (nSPS) is 10.1. The number of nitrogens with two attached hydrogens (primary N) is 1. The molecular weight excluding hydrogens is 232 g/mol. The minimum Gasteiger partial charge on any atom is -0.478 e. The fourth-order valence-corrected chi connectivity index (χ4v) is 1.39. The SMILES string of the molecule is Cc1ccc(Oc2ncc(C(=O)O)cc2N)cc1. The molecule has 0 spiro atoms. The minimum absolute atomic E-state index is 0.0313. The van der Waals surface area contributed by atoms with Crippen molar-refractivity contribution >= 4 is 11.7 Å². The molecule has 0 aliphatic heterocycles. The largest absolute Gasteiger partial charge is 0.478 e. The van der Waals surface area contributed by atoms with Gasteiger partial charge in [0.1, 0.15) is 5.75 Å². The van der Waals surface area contributed by atoms with Crippen LogP contribution in [0.5, 0.6) is 11.6 Å². The van der Waals surface area contributed by atoms with Crippen molar-refractivity contribution in [1.29, 1.82) is 0 Å². The van der Waals surface area contributed by atoms with Crippen LogP contribution >= 0.6 is 0 Å². The summed E-state index contributed by atoms with van der Waals surface area (Å²) in [4.78, 5) is 14.6. The number of nitrogen functional groups attached to an aromatic ring is 1. The van der Waals surface area contributed by atoms with E-state index in [2.05, 4.69) is 4.98 Å². The third-order valence-electron chi connectivity index (χ3n) is 2.36. The maximum absolute atomic E-state index is 10.7. The quantitative estimate of drug-likeness (QED) is 0.866. The second-order valence-electron chi connectivity index (χ2n) is 3.84. The molecule has 0 bridgehead atoms. The molecule has 5 heteroatoms. The van der Waals surface area contributed by atoms with Crippen LogP contribution in [0, 0.1) is 6.92 Å². The van der Waals surface area contributed by atoms with Crippen molar-refractivity contribution in [2.75, 3.05) is 5.73 Å². The van der Waals surface area contributed by atoms with E-state index >= 15 is 0 Å². The number of carboxylic acids is 1. The second-order valence-corrected chi connectivity index (χ2v) is 3.84. The van der Waals surface area contributed by atoms with Gasteiger partial charge in [-0.15, -0.1) is 0 Å². The maximum atomic E-state index is 10.7. The lowest BCUT2D eigenvalue weighted by Gasteiger charge is -2.07. The molecule has 1 heterocycles. The van der Waals surface area contributed by atoms with Crippen molar-refractivity contribution in [3.63, 3.8) is 0 Å². The molecule has 92 valence electrons. The molecule has 3 N–H and O–H groups in total. The van der Waals surface area contributed by atoms with Gasteiger partial charge in [0, 0.05) is 6.20 Å². The Morgan fingerprint density at radius 1 is 1.33 bits per heavy atom. The fraction of sp³-hybridized carbons (Fsp3) is 0.0769. The Hall–Kier alpha value is -2.56. The Labute approximate surface area is 104 Å². The van der Waals surface area contributed by atoms with Gasteiger partial charge >= 0.3 is 5.97 Å². The van der Waals surface area contributed by atoms with Gasteiger partial charge in [-0.2, -0.15) is 0 Å². The molecular formula is C13H12N2O3. The van der Waals surface area contributed by atoms with Crippen molar-refractivity contribution < 1.29 is 14.6 Å². The number of benzene rings is 1. The second kappa shape index (κ2) is 4.75. The highest BCUT2D eigenvalue weighted by Crippen LogP contribution is 2.25. The van der Waals surface area contributed by atoms with Gasteiger partial charge in [-0.25, -0.2) is 9.78 Å². The first-order valence-corrected chi connectivity index (χ1v) is 5.29. The molecule has 0 saturated heterocycles. The van der Waals surface area contributed by atoms with Crippen molar-refractivity contribution in [3.05, 3.63) is 47.7 Å². The lowest BCUT2D eigenvalue weighted by Crippen LogP contribution is -2.01. The number of aromatic carboxylic acids is 1. The summed E-state index contributed by atoms with van der Waals surface area (Å²) in [6.45, 7) is 1.97. The maximum Gasteiger partial charge on any atom is 0.337 e. The van der Waals surface area contributed by atoms with E-state index in [1.807, 2.05) is 19.1 Å². The average Bonchev–Trinajstić information content (AvgIpc) is 2.34. The van der Waals surface area contributed by atoms with Crippen molar-refractivity contribution in [2.24, 2.45) is 0 Å². The first-order valence-electron chi connectivity index (χ1n) is 5.29. The van der Waals surface area contributed by atoms with Crippen LogP contribution in [0.4, 0.5) is 5.69 Å². The highest BCUT2D eigenvalue weighted by atomic mass is 16.5. The standard InChI is InChI=1S/C13H12N2O3/c1-8-2-4-10(5-3-8)18-12-11(14)6-9(7-15-12)13(16)17/h2-7H,14H2,1H3,(H,16,17). The average molecular weight is 244 g/mol. The summed E-state index contributed by atoms with van der Waals surface area (Å²) in [6, 6.07) is 8.70. The van der Waals surface area contributed by atoms with Gasteiger partial charge in [0.15, 0.2) is 0 Å². The van der Waals surface area contributed by atoms with E-state index in [1.165, 1.54) is 12.3 Å². The minimum atomic E-state index is -1.07. The number of anilines is 1. The molecule has 5 nitrogen and oxygen atoms in total. The predicted molar refractivity (Wildman–Crippen MR) is 66.9 cm³/mol. The number of nitrogens with zero attached hydrogens (tertiary/aromatic N) is 1. The zero-order chi connectivity index (χ0) is 13.1. The summed E-state index contributed by atoms with van der Waals surface area (Å²) >= 11 is 0. The Kier molecular flexibility index (Phi) is 3.14. The highest BCUT2D eigenvalue weighted by Gasteiger charge is 2.09. The van der Waals surface area contributed by atoms with Crippen molar-refractivity contribution in [2.45, 2.75) is 6.92 Å². The summed E-state index contributed by atoms with van der Waals surface area (Å²) in [6.07, 6.45) is 1.21. The smallest absolute Gasteiger partial charge is 0.337 e. The van der Waals surface area contributed by atoms with Crippen molar-refractivity contribution in [1.82, 2.24) is 4.98 Å². The van der Waals surface area contributed by atoms with Gasteiger partial charge in [0.2, 0.25) is 5.88 Å². The van der Waals surface area contributed by atoms with E-state index < -0.39 is 5.97 Å². The molecule has 0 saturated carbocycles. The summed E-state index contributed by atoms with van der Waals surface area (Å²) in [5, 5.41) is 8.78. The molecule has 0 radical (unpaired) electrons. The first kappa shape index (κ1) is 11.9. The number of ether oxygens (including phenoxy) is 1. The third kappa shape index (κ3) is 2.57. The lowest BCUT2D eigenvalue weighted by molar-refractivity contribution is 0.0696. The van der Waals surface area contributed by atoms with E-state index in [1.54, 1.807) is 12.1 Å². The van der Waals surface area contributed by atoms with Crippen molar-refractivity contribution in [3.8, 4) is 11.6 Å². The Balaban J connectivity index is 2.24. The number of hydrogen-bond donors (Lipinski definition) is 2. The molecule has 0 aliphatic rings. The molecule has 2 rings (SSSR count). The van der Waals surface area contributed by atoms with E-state index in [4.69, 9.17) is 15.6 Å². The molecule has 0 aliphatic carbocycles. The van der Waals surface area contributed by atoms with E-state index in [-0.39, 0.29) is 17.1 Å². The van der Waals surface area contributed by atoms with Crippen LogP contribution < -0.4 is 10.5 Å². The van der Waals surface area contributed by atoms with Gasteiger partial charge < -0.3 is 15.6 Å². The third-order valence-corrected chi connectivity index (χ3v) is 2.36. The predicted octanol–water partition coefficient (Wildman–Crippen LogP) is 2.46. The summed E-state index contributed by atoms with van der Waals surface area (Å²) < 4.78 is 5.47. The molecule has 18 heavy (non-hydrogen) atoms. The number of rotatable bonds is 3. The van der Waals surface area contributed by atoms with E-state index in [0.29, 0.717) is 5.75 Å². The van der Waals surface area contributed by atoms with E-state index in [0.717, 1.165) is 5.56 Å². The summed E-state index contributed by atoms with van der Waals surface area (Å²) in [5.74, 6) is -0.275. The van der Waals surface area contributed by atoms with Crippen LogP contribution in [0.15, 0.2) is 36.5 Å². The lowest BCUT2D eigenvalue weighted by atomic mass is 10.2. The molecule has 0 amide bonds. The highest BCUT2D eigenvalue weighted by molar-refractivity contribution is 5.88. The number of carbonyl (C=O) groups is 1. The Bertz CT molecular complexity index is 579.